The number of carbonyl (C=O) groups excluding carboxylic acids is 1. The minimum absolute atomic E-state index is 0.0268. The number of aryl methyl sites for hydroxylation is 1. The lowest BCUT2D eigenvalue weighted by Gasteiger charge is -2.36. The summed E-state index contributed by atoms with van der Waals surface area (Å²) in [7, 11) is 0. The molecule has 0 saturated carbocycles. The molecule has 0 aliphatic carbocycles. The fourth-order valence-corrected chi connectivity index (χ4v) is 3.83. The van der Waals surface area contributed by atoms with Crippen LogP contribution in [0, 0.1) is 12.3 Å². The lowest BCUT2D eigenvalue weighted by Crippen LogP contribution is -2.41. The first kappa shape index (κ1) is 18.1. The first-order valence-corrected chi connectivity index (χ1v) is 9.13. The van der Waals surface area contributed by atoms with Crippen LogP contribution in [0.3, 0.4) is 0 Å². The second-order valence-corrected chi connectivity index (χ2v) is 6.87. The summed E-state index contributed by atoms with van der Waals surface area (Å²) in [5.74, 6) is 1.36. The van der Waals surface area contributed by atoms with Crippen LogP contribution in [-0.2, 0) is 9.47 Å². The Balaban J connectivity index is 1.63. The van der Waals surface area contributed by atoms with Gasteiger partial charge in [0.05, 0.1) is 5.92 Å². The zero-order valence-corrected chi connectivity index (χ0v) is 15.1. The van der Waals surface area contributed by atoms with E-state index in [0.717, 1.165) is 19.3 Å². The maximum Gasteiger partial charge on any atom is 0.317 e. The smallest absolute Gasteiger partial charge is 0.317 e. The number of nitrogens with zero attached hydrogens (tertiary/aromatic N) is 3. The monoisotopic (exact) mass is 352 g/mol. The third-order valence-electron chi connectivity index (χ3n) is 5.21. The van der Waals surface area contributed by atoms with Gasteiger partial charge in [0.15, 0.2) is 5.82 Å². The quantitative estimate of drug-likeness (QED) is 0.784. The average molecular weight is 352 g/mol. The summed E-state index contributed by atoms with van der Waals surface area (Å²) in [6, 6.07) is -0.0268. The molecular formula is C17H28N4O4. The van der Waals surface area contributed by atoms with Crippen LogP contribution in [0.4, 0.5) is 4.79 Å². The Bertz CT molecular complexity index is 571. The van der Waals surface area contributed by atoms with Crippen molar-refractivity contribution in [2.75, 3.05) is 46.1 Å². The van der Waals surface area contributed by atoms with Gasteiger partial charge in [-0.25, -0.2) is 4.79 Å². The van der Waals surface area contributed by atoms with E-state index in [1.165, 1.54) is 0 Å². The lowest BCUT2D eigenvalue weighted by atomic mass is 9.72. The minimum Gasteiger partial charge on any atom is -0.382 e. The molecule has 0 aromatic carbocycles. The Morgan fingerprint density at radius 1 is 1.44 bits per heavy atom. The van der Waals surface area contributed by atoms with Crippen LogP contribution in [-0.4, -0.2) is 67.1 Å². The van der Waals surface area contributed by atoms with E-state index >= 15 is 0 Å². The molecule has 2 saturated heterocycles. The van der Waals surface area contributed by atoms with Crippen LogP contribution in [0.15, 0.2) is 4.52 Å². The van der Waals surface area contributed by atoms with Gasteiger partial charge in [0.25, 0.3) is 0 Å². The van der Waals surface area contributed by atoms with E-state index in [0.29, 0.717) is 57.8 Å². The van der Waals surface area contributed by atoms with Crippen LogP contribution in [0.2, 0.25) is 0 Å². The Kier molecular flexibility index (Phi) is 5.90. The van der Waals surface area contributed by atoms with Gasteiger partial charge in [-0.2, -0.15) is 4.98 Å². The van der Waals surface area contributed by atoms with Gasteiger partial charge in [0.2, 0.25) is 5.89 Å². The Hall–Kier alpha value is -1.67. The molecule has 2 amide bonds. The number of aromatic nitrogens is 2. The van der Waals surface area contributed by atoms with E-state index in [4.69, 9.17) is 14.0 Å². The highest BCUT2D eigenvalue weighted by atomic mass is 16.5. The molecule has 25 heavy (non-hydrogen) atoms. The van der Waals surface area contributed by atoms with Crippen LogP contribution < -0.4 is 5.32 Å². The summed E-state index contributed by atoms with van der Waals surface area (Å²) in [4.78, 5) is 18.9. The van der Waals surface area contributed by atoms with Gasteiger partial charge >= 0.3 is 6.03 Å². The molecule has 2 aliphatic heterocycles. The summed E-state index contributed by atoms with van der Waals surface area (Å²) < 4.78 is 16.3. The van der Waals surface area contributed by atoms with Crippen molar-refractivity contribution in [1.29, 1.82) is 0 Å². The molecule has 0 unspecified atom stereocenters. The first-order chi connectivity index (χ1) is 12.1. The summed E-state index contributed by atoms with van der Waals surface area (Å²) >= 11 is 0. The molecule has 8 nitrogen and oxygen atoms in total. The highest BCUT2D eigenvalue weighted by Crippen LogP contribution is 2.48. The summed E-state index contributed by atoms with van der Waals surface area (Å²) in [5.41, 5.74) is -0.0279. The standard InChI is InChI=1S/C17H28N4O4/c1-3-23-8-4-7-18-16(22)21-11-14(15-19-13(2)20-25-15)17(12-21)5-9-24-10-6-17/h14H,3-12H2,1-2H3,(H,18,22)/t14-/m0/s1. The molecule has 140 valence electrons. The van der Waals surface area contributed by atoms with Crippen LogP contribution >= 0.6 is 0 Å². The van der Waals surface area contributed by atoms with Gasteiger partial charge in [0, 0.05) is 51.5 Å². The molecule has 2 aliphatic rings. The van der Waals surface area contributed by atoms with Crippen molar-refractivity contribution in [2.24, 2.45) is 5.41 Å². The SMILES string of the molecule is CCOCCCNC(=O)N1C[C@@H](c2nc(C)no2)C2(CCOCC2)C1. The van der Waals surface area contributed by atoms with E-state index < -0.39 is 0 Å². The lowest BCUT2D eigenvalue weighted by molar-refractivity contribution is 0.00942. The average Bonchev–Trinajstić information content (AvgIpc) is 3.19. The van der Waals surface area contributed by atoms with E-state index in [1.807, 2.05) is 18.7 Å². The summed E-state index contributed by atoms with van der Waals surface area (Å²) in [6.07, 6.45) is 2.64. The number of hydrogen-bond donors (Lipinski definition) is 1. The molecule has 0 radical (unpaired) electrons. The van der Waals surface area contributed by atoms with Crippen molar-refractivity contribution in [3.63, 3.8) is 0 Å². The Labute approximate surface area is 148 Å². The number of likely N-dealkylation sites (tertiary alicyclic amines) is 1. The maximum absolute atomic E-state index is 12.6. The Morgan fingerprint density at radius 3 is 2.92 bits per heavy atom. The van der Waals surface area contributed by atoms with Crippen molar-refractivity contribution < 1.29 is 18.8 Å². The predicted molar refractivity (Wildman–Crippen MR) is 90.3 cm³/mol. The highest BCUT2D eigenvalue weighted by molar-refractivity contribution is 5.74. The minimum atomic E-state index is -0.0279. The van der Waals surface area contributed by atoms with Crippen LogP contribution in [0.25, 0.3) is 0 Å². The molecule has 1 aromatic rings. The maximum atomic E-state index is 12.6. The van der Waals surface area contributed by atoms with Gasteiger partial charge in [-0.05, 0) is 33.1 Å². The van der Waals surface area contributed by atoms with Crippen molar-refractivity contribution >= 4 is 6.03 Å². The number of amides is 2. The summed E-state index contributed by atoms with van der Waals surface area (Å²) in [5, 5.41) is 6.93. The van der Waals surface area contributed by atoms with Crippen molar-refractivity contribution in [3.8, 4) is 0 Å². The topological polar surface area (TPSA) is 89.7 Å². The van der Waals surface area contributed by atoms with E-state index in [1.54, 1.807) is 0 Å². The molecule has 1 atom stereocenters. The van der Waals surface area contributed by atoms with Gasteiger partial charge < -0.3 is 24.2 Å². The molecular weight excluding hydrogens is 324 g/mol. The number of nitrogens with one attached hydrogen (secondary N) is 1. The summed E-state index contributed by atoms with van der Waals surface area (Å²) in [6.45, 7) is 8.53. The molecule has 3 rings (SSSR count). The van der Waals surface area contributed by atoms with Gasteiger partial charge in [-0.15, -0.1) is 0 Å². The van der Waals surface area contributed by atoms with Gasteiger partial charge in [0.1, 0.15) is 0 Å². The largest absolute Gasteiger partial charge is 0.382 e. The third kappa shape index (κ3) is 4.12. The molecule has 8 heteroatoms. The number of carbonyl (C=O) groups is 1. The fraction of sp³-hybridized carbons (Fsp3) is 0.824. The molecule has 0 bridgehead atoms. The fourth-order valence-electron chi connectivity index (χ4n) is 3.83. The highest BCUT2D eigenvalue weighted by Gasteiger charge is 2.51. The number of rotatable bonds is 6. The van der Waals surface area contributed by atoms with E-state index in [-0.39, 0.29) is 17.4 Å². The van der Waals surface area contributed by atoms with Crippen molar-refractivity contribution in [3.05, 3.63) is 11.7 Å². The number of ether oxygens (including phenoxy) is 2. The predicted octanol–water partition coefficient (Wildman–Crippen LogP) is 1.71. The second kappa shape index (κ2) is 8.14. The zero-order valence-electron chi connectivity index (χ0n) is 15.1. The molecule has 1 N–H and O–H groups in total. The van der Waals surface area contributed by atoms with Crippen molar-refractivity contribution in [2.45, 2.75) is 39.0 Å². The number of hydrogen-bond acceptors (Lipinski definition) is 6. The van der Waals surface area contributed by atoms with Crippen molar-refractivity contribution in [1.82, 2.24) is 20.4 Å². The third-order valence-corrected chi connectivity index (χ3v) is 5.21. The first-order valence-electron chi connectivity index (χ1n) is 9.13. The van der Waals surface area contributed by atoms with Gasteiger partial charge in [-0.3, -0.25) is 0 Å². The van der Waals surface area contributed by atoms with Gasteiger partial charge in [-0.1, -0.05) is 5.16 Å². The molecule has 3 heterocycles. The zero-order chi connectivity index (χ0) is 17.7. The molecule has 1 spiro atoms. The van der Waals surface area contributed by atoms with Crippen LogP contribution in [0.1, 0.15) is 43.8 Å². The molecule has 1 aromatic heterocycles. The second-order valence-electron chi connectivity index (χ2n) is 6.87. The number of urea groups is 1. The normalized spacial score (nSPS) is 22.5. The molecule has 2 fully saturated rings. The van der Waals surface area contributed by atoms with E-state index in [2.05, 4.69) is 15.5 Å². The van der Waals surface area contributed by atoms with E-state index in [9.17, 15) is 4.79 Å². The Morgan fingerprint density at radius 2 is 2.24 bits per heavy atom. The van der Waals surface area contributed by atoms with Crippen LogP contribution in [0.5, 0.6) is 0 Å².